The molecule has 144 valence electrons. The molecule has 1 unspecified atom stereocenters. The van der Waals surface area contributed by atoms with E-state index in [1.807, 2.05) is 61.5 Å². The van der Waals surface area contributed by atoms with Gasteiger partial charge in [-0.05, 0) is 30.5 Å². The van der Waals surface area contributed by atoms with Gasteiger partial charge >= 0.3 is 0 Å². The zero-order valence-corrected chi connectivity index (χ0v) is 16.7. The third-order valence-electron chi connectivity index (χ3n) is 4.87. The number of amides is 1. The summed E-state index contributed by atoms with van der Waals surface area (Å²) in [5.41, 5.74) is 2.87. The SMILES string of the molecule is Cc1ccccc1N1CC(Cc2ccccc2)N(S(=O)(=O)N(C)C)CC1=O. The molecule has 1 saturated heterocycles. The van der Waals surface area contributed by atoms with Crippen LogP contribution in [0, 0.1) is 6.92 Å². The summed E-state index contributed by atoms with van der Waals surface area (Å²) >= 11 is 0. The van der Waals surface area contributed by atoms with Crippen LogP contribution in [-0.2, 0) is 21.4 Å². The van der Waals surface area contributed by atoms with Crippen LogP contribution >= 0.6 is 0 Å². The number of hydrogen-bond acceptors (Lipinski definition) is 3. The van der Waals surface area contributed by atoms with Crippen LogP contribution in [-0.4, -0.2) is 56.2 Å². The van der Waals surface area contributed by atoms with Crippen LogP contribution in [0.4, 0.5) is 5.69 Å². The minimum atomic E-state index is -3.70. The van der Waals surface area contributed by atoms with Gasteiger partial charge in [-0.15, -0.1) is 0 Å². The average molecular weight is 388 g/mol. The predicted molar refractivity (Wildman–Crippen MR) is 107 cm³/mol. The zero-order valence-electron chi connectivity index (χ0n) is 15.9. The van der Waals surface area contributed by atoms with Gasteiger partial charge in [-0.25, -0.2) is 0 Å². The lowest BCUT2D eigenvalue weighted by Crippen LogP contribution is -2.60. The number of nitrogens with zero attached hydrogens (tertiary/aromatic N) is 3. The van der Waals surface area contributed by atoms with E-state index in [-0.39, 0.29) is 18.5 Å². The van der Waals surface area contributed by atoms with E-state index in [2.05, 4.69) is 0 Å². The molecule has 0 saturated carbocycles. The highest BCUT2D eigenvalue weighted by molar-refractivity contribution is 7.86. The third-order valence-corrected chi connectivity index (χ3v) is 6.81. The first-order valence-corrected chi connectivity index (χ1v) is 10.3. The number of piperazine rings is 1. The molecule has 0 aliphatic carbocycles. The van der Waals surface area contributed by atoms with E-state index < -0.39 is 10.2 Å². The van der Waals surface area contributed by atoms with Gasteiger partial charge in [0.05, 0.1) is 6.54 Å². The number of benzene rings is 2. The van der Waals surface area contributed by atoms with E-state index in [4.69, 9.17) is 0 Å². The smallest absolute Gasteiger partial charge is 0.282 e. The van der Waals surface area contributed by atoms with Crippen molar-refractivity contribution in [1.29, 1.82) is 0 Å². The first-order valence-electron chi connectivity index (χ1n) is 8.90. The van der Waals surface area contributed by atoms with Gasteiger partial charge in [-0.1, -0.05) is 48.5 Å². The topological polar surface area (TPSA) is 60.9 Å². The second-order valence-electron chi connectivity index (χ2n) is 6.97. The van der Waals surface area contributed by atoms with Gasteiger partial charge in [0.1, 0.15) is 0 Å². The monoisotopic (exact) mass is 387 g/mol. The largest absolute Gasteiger partial charge is 0.309 e. The Labute approximate surface area is 161 Å². The normalized spacial score (nSPS) is 18.9. The number of rotatable bonds is 5. The van der Waals surface area contributed by atoms with Crippen molar-refractivity contribution in [2.45, 2.75) is 19.4 Å². The van der Waals surface area contributed by atoms with Crippen molar-refractivity contribution >= 4 is 21.8 Å². The molecule has 2 aromatic carbocycles. The third kappa shape index (κ3) is 4.05. The molecular formula is C20H25N3O3S. The maximum Gasteiger partial charge on any atom is 0.282 e. The van der Waals surface area contributed by atoms with Gasteiger partial charge in [0.25, 0.3) is 10.2 Å². The van der Waals surface area contributed by atoms with Gasteiger partial charge in [0.15, 0.2) is 0 Å². The summed E-state index contributed by atoms with van der Waals surface area (Å²) in [5.74, 6) is -0.209. The summed E-state index contributed by atoms with van der Waals surface area (Å²) in [6.45, 7) is 2.12. The maximum atomic E-state index is 12.8. The van der Waals surface area contributed by atoms with Gasteiger partial charge in [-0.2, -0.15) is 17.0 Å². The molecular weight excluding hydrogens is 362 g/mol. The highest BCUT2D eigenvalue weighted by Crippen LogP contribution is 2.27. The van der Waals surface area contributed by atoms with E-state index in [0.29, 0.717) is 13.0 Å². The average Bonchev–Trinajstić information content (AvgIpc) is 2.64. The molecule has 0 bridgehead atoms. The number of aryl methyl sites for hydroxylation is 1. The highest BCUT2D eigenvalue weighted by atomic mass is 32.2. The first kappa shape index (κ1) is 19.5. The van der Waals surface area contributed by atoms with Crippen molar-refractivity contribution in [3.8, 4) is 0 Å². The molecule has 0 N–H and O–H groups in total. The van der Waals surface area contributed by atoms with E-state index in [9.17, 15) is 13.2 Å². The molecule has 2 aromatic rings. The molecule has 0 spiro atoms. The molecule has 7 heteroatoms. The second kappa shape index (κ2) is 7.80. The Morgan fingerprint density at radius 3 is 2.30 bits per heavy atom. The quantitative estimate of drug-likeness (QED) is 0.789. The summed E-state index contributed by atoms with van der Waals surface area (Å²) in [6.07, 6.45) is 0.545. The first-order chi connectivity index (χ1) is 12.8. The van der Waals surface area contributed by atoms with Gasteiger partial charge < -0.3 is 4.90 Å². The molecule has 1 fully saturated rings. The van der Waals surface area contributed by atoms with Crippen LogP contribution in [0.15, 0.2) is 54.6 Å². The van der Waals surface area contributed by atoms with Crippen LogP contribution in [0.25, 0.3) is 0 Å². The Hall–Kier alpha value is -2.22. The summed E-state index contributed by atoms with van der Waals surface area (Å²) in [5, 5.41) is 0. The fraction of sp³-hybridized carbons (Fsp3) is 0.350. The molecule has 1 heterocycles. The van der Waals surface area contributed by atoms with Crippen molar-refractivity contribution in [3.05, 3.63) is 65.7 Å². The van der Waals surface area contributed by atoms with Crippen LogP contribution in [0.1, 0.15) is 11.1 Å². The zero-order chi connectivity index (χ0) is 19.6. The van der Waals surface area contributed by atoms with E-state index in [1.165, 1.54) is 22.7 Å². The number of para-hydroxylation sites is 1. The van der Waals surface area contributed by atoms with Crippen molar-refractivity contribution in [2.75, 3.05) is 32.1 Å². The van der Waals surface area contributed by atoms with Crippen molar-refractivity contribution in [3.63, 3.8) is 0 Å². The number of carbonyl (C=O) groups is 1. The van der Waals surface area contributed by atoms with E-state index in [0.717, 1.165) is 16.8 Å². The lowest BCUT2D eigenvalue weighted by atomic mass is 10.0. The minimum absolute atomic E-state index is 0.160. The van der Waals surface area contributed by atoms with Crippen LogP contribution < -0.4 is 4.90 Å². The summed E-state index contributed by atoms with van der Waals surface area (Å²) in [7, 11) is -0.712. The van der Waals surface area contributed by atoms with E-state index in [1.54, 1.807) is 4.90 Å². The summed E-state index contributed by atoms with van der Waals surface area (Å²) in [4.78, 5) is 14.5. The van der Waals surface area contributed by atoms with Crippen LogP contribution in [0.3, 0.4) is 0 Å². The number of anilines is 1. The van der Waals surface area contributed by atoms with Gasteiger partial charge in [0.2, 0.25) is 5.91 Å². The molecule has 6 nitrogen and oxygen atoms in total. The molecule has 0 aromatic heterocycles. The standard InChI is InChI=1S/C20H25N3O3S/c1-16-9-7-8-12-19(16)22-14-18(13-17-10-5-4-6-11-17)23(15-20(22)24)27(25,26)21(2)3/h4-12,18H,13-15H2,1-3H3. The van der Waals surface area contributed by atoms with Crippen molar-refractivity contribution < 1.29 is 13.2 Å². The van der Waals surface area contributed by atoms with Crippen LogP contribution in [0.2, 0.25) is 0 Å². The molecule has 1 aliphatic heterocycles. The summed E-state index contributed by atoms with van der Waals surface area (Å²) < 4.78 is 28.1. The van der Waals surface area contributed by atoms with Gasteiger partial charge in [0, 0.05) is 32.4 Å². The molecule has 0 radical (unpaired) electrons. The van der Waals surface area contributed by atoms with Gasteiger partial charge in [-0.3, -0.25) is 4.79 Å². The molecule has 3 rings (SSSR count). The van der Waals surface area contributed by atoms with Crippen molar-refractivity contribution in [1.82, 2.24) is 8.61 Å². The van der Waals surface area contributed by atoms with Crippen LogP contribution in [0.5, 0.6) is 0 Å². The Morgan fingerprint density at radius 2 is 1.67 bits per heavy atom. The Morgan fingerprint density at radius 1 is 1.04 bits per heavy atom. The molecule has 27 heavy (non-hydrogen) atoms. The Balaban J connectivity index is 1.97. The molecule has 1 amide bonds. The Bertz CT molecular complexity index is 913. The minimum Gasteiger partial charge on any atom is -0.309 e. The molecule has 1 atom stereocenters. The predicted octanol–water partition coefficient (Wildman–Crippen LogP) is 2.06. The lowest BCUT2D eigenvalue weighted by Gasteiger charge is -2.41. The maximum absolute atomic E-state index is 12.8. The van der Waals surface area contributed by atoms with Crippen molar-refractivity contribution in [2.24, 2.45) is 0 Å². The molecule has 1 aliphatic rings. The van der Waals surface area contributed by atoms with E-state index >= 15 is 0 Å². The Kier molecular flexibility index (Phi) is 5.64. The number of carbonyl (C=O) groups excluding carboxylic acids is 1. The second-order valence-corrected chi connectivity index (χ2v) is 9.06. The lowest BCUT2D eigenvalue weighted by molar-refractivity contribution is -0.120. The number of hydrogen-bond donors (Lipinski definition) is 0. The summed E-state index contributed by atoms with van der Waals surface area (Å²) in [6, 6.07) is 17.1. The fourth-order valence-electron chi connectivity index (χ4n) is 3.38. The highest BCUT2D eigenvalue weighted by Gasteiger charge is 2.40. The fourth-order valence-corrected chi connectivity index (χ4v) is 4.59.